The number of hydrogen-bond acceptors (Lipinski definition) is 3. The average Bonchev–Trinajstić information content (AvgIpc) is 3.02. The van der Waals surface area contributed by atoms with Crippen LogP contribution in [0.1, 0.15) is 31.9 Å². The number of amides is 1. The van der Waals surface area contributed by atoms with E-state index >= 15 is 0 Å². The zero-order valence-electron chi connectivity index (χ0n) is 15.9. The van der Waals surface area contributed by atoms with Crippen LogP contribution in [0, 0.1) is 10.7 Å². The number of rotatable bonds is 7. The SMILES string of the molecule is CC(C)C[C@H](NC(=O)Cn1c(-c2ccc(Cl)cc2)n[nH]c1=S)c1ccccc1. The van der Waals surface area contributed by atoms with Crippen LogP contribution in [0.4, 0.5) is 0 Å². The van der Waals surface area contributed by atoms with E-state index in [1.165, 1.54) is 0 Å². The maximum Gasteiger partial charge on any atom is 0.240 e. The Morgan fingerprint density at radius 3 is 2.50 bits per heavy atom. The number of benzene rings is 2. The van der Waals surface area contributed by atoms with E-state index in [1.54, 1.807) is 16.7 Å². The summed E-state index contributed by atoms with van der Waals surface area (Å²) in [7, 11) is 0. The van der Waals surface area contributed by atoms with E-state index in [2.05, 4.69) is 29.4 Å². The molecule has 0 saturated carbocycles. The predicted molar refractivity (Wildman–Crippen MR) is 115 cm³/mol. The molecule has 28 heavy (non-hydrogen) atoms. The molecule has 5 nitrogen and oxygen atoms in total. The van der Waals surface area contributed by atoms with Gasteiger partial charge in [-0.1, -0.05) is 55.8 Å². The molecule has 3 rings (SSSR count). The summed E-state index contributed by atoms with van der Waals surface area (Å²) >= 11 is 11.3. The molecule has 0 saturated heterocycles. The third-order valence-electron chi connectivity index (χ3n) is 4.41. The van der Waals surface area contributed by atoms with Crippen molar-refractivity contribution in [2.45, 2.75) is 32.9 Å². The molecule has 0 fully saturated rings. The van der Waals surface area contributed by atoms with Crippen molar-refractivity contribution in [3.8, 4) is 11.4 Å². The third kappa shape index (κ3) is 5.09. The summed E-state index contributed by atoms with van der Waals surface area (Å²) < 4.78 is 2.10. The minimum Gasteiger partial charge on any atom is -0.348 e. The fourth-order valence-corrected chi connectivity index (χ4v) is 3.43. The van der Waals surface area contributed by atoms with Crippen molar-refractivity contribution < 1.29 is 4.79 Å². The van der Waals surface area contributed by atoms with Gasteiger partial charge in [0.25, 0.3) is 0 Å². The van der Waals surface area contributed by atoms with Crippen molar-refractivity contribution in [3.63, 3.8) is 0 Å². The topological polar surface area (TPSA) is 62.7 Å². The molecule has 2 N–H and O–H groups in total. The Morgan fingerprint density at radius 2 is 1.86 bits per heavy atom. The maximum absolute atomic E-state index is 12.8. The van der Waals surface area contributed by atoms with Crippen molar-refractivity contribution in [3.05, 3.63) is 70.0 Å². The molecule has 0 aliphatic rings. The number of hydrogen-bond donors (Lipinski definition) is 2. The summed E-state index contributed by atoms with van der Waals surface area (Å²) in [5.74, 6) is 0.949. The van der Waals surface area contributed by atoms with E-state index in [-0.39, 0.29) is 18.5 Å². The first-order valence-corrected chi connectivity index (χ1v) is 9.98. The van der Waals surface area contributed by atoms with Gasteiger partial charge in [0.15, 0.2) is 10.6 Å². The largest absolute Gasteiger partial charge is 0.348 e. The molecular weight excluding hydrogens is 392 g/mol. The zero-order valence-corrected chi connectivity index (χ0v) is 17.4. The maximum atomic E-state index is 12.8. The van der Waals surface area contributed by atoms with Crippen LogP contribution in [0.5, 0.6) is 0 Å². The van der Waals surface area contributed by atoms with Crippen molar-refractivity contribution in [2.24, 2.45) is 5.92 Å². The minimum atomic E-state index is -0.109. The highest BCUT2D eigenvalue weighted by Gasteiger charge is 2.18. The van der Waals surface area contributed by atoms with Crippen molar-refractivity contribution in [1.29, 1.82) is 0 Å². The van der Waals surface area contributed by atoms with Crippen LogP contribution in [0.3, 0.4) is 0 Å². The Kier molecular flexibility index (Phi) is 6.65. The third-order valence-corrected chi connectivity index (χ3v) is 4.97. The highest BCUT2D eigenvalue weighted by molar-refractivity contribution is 7.71. The molecule has 0 spiro atoms. The lowest BCUT2D eigenvalue weighted by Gasteiger charge is -2.21. The summed E-state index contributed by atoms with van der Waals surface area (Å²) in [4.78, 5) is 12.8. The number of carbonyl (C=O) groups excluding carboxylic acids is 1. The van der Waals surface area contributed by atoms with Crippen molar-refractivity contribution in [2.75, 3.05) is 0 Å². The molecule has 146 valence electrons. The van der Waals surface area contributed by atoms with Crippen LogP contribution in [-0.4, -0.2) is 20.7 Å². The van der Waals surface area contributed by atoms with Gasteiger partial charge in [0.05, 0.1) is 6.04 Å². The van der Waals surface area contributed by atoms with E-state index in [4.69, 9.17) is 23.8 Å². The van der Waals surface area contributed by atoms with Gasteiger partial charge < -0.3 is 5.32 Å². The number of nitrogens with one attached hydrogen (secondary N) is 2. The average molecular weight is 415 g/mol. The first kappa shape index (κ1) is 20.3. The van der Waals surface area contributed by atoms with Crippen molar-refractivity contribution in [1.82, 2.24) is 20.1 Å². The lowest BCUT2D eigenvalue weighted by Crippen LogP contribution is -2.32. The van der Waals surface area contributed by atoms with Crippen LogP contribution in [-0.2, 0) is 11.3 Å². The van der Waals surface area contributed by atoms with Gasteiger partial charge in [-0.15, -0.1) is 0 Å². The summed E-state index contributed by atoms with van der Waals surface area (Å²) in [5.41, 5.74) is 1.93. The lowest BCUT2D eigenvalue weighted by atomic mass is 9.97. The summed E-state index contributed by atoms with van der Waals surface area (Å²) in [6, 6.07) is 17.3. The van der Waals surface area contributed by atoms with Gasteiger partial charge in [-0.05, 0) is 54.4 Å². The van der Waals surface area contributed by atoms with Crippen LogP contribution in [0.25, 0.3) is 11.4 Å². The monoisotopic (exact) mass is 414 g/mol. The molecule has 1 amide bonds. The van der Waals surface area contributed by atoms with E-state index < -0.39 is 0 Å². The molecule has 0 bridgehead atoms. The number of H-pyrrole nitrogens is 1. The fraction of sp³-hybridized carbons (Fsp3) is 0.286. The normalized spacial score (nSPS) is 12.1. The van der Waals surface area contributed by atoms with Gasteiger partial charge in [0, 0.05) is 10.6 Å². The quantitative estimate of drug-likeness (QED) is 0.524. The van der Waals surface area contributed by atoms with Crippen LogP contribution >= 0.6 is 23.8 Å². The van der Waals surface area contributed by atoms with E-state index in [9.17, 15) is 4.79 Å². The number of aromatic amines is 1. The summed E-state index contributed by atoms with van der Waals surface area (Å²) in [5, 5.41) is 10.8. The predicted octanol–water partition coefficient (Wildman–Crippen LogP) is 5.16. The second-order valence-electron chi connectivity index (χ2n) is 7.11. The molecule has 1 aromatic heterocycles. The Bertz CT molecular complexity index is 980. The second-order valence-corrected chi connectivity index (χ2v) is 7.93. The first-order valence-electron chi connectivity index (χ1n) is 9.19. The van der Waals surface area contributed by atoms with Gasteiger partial charge in [0.1, 0.15) is 6.54 Å². The molecule has 0 radical (unpaired) electrons. The molecule has 0 aliphatic heterocycles. The minimum absolute atomic E-state index is 0.0474. The van der Waals surface area contributed by atoms with Gasteiger partial charge in [-0.3, -0.25) is 14.5 Å². The Balaban J connectivity index is 1.80. The molecular formula is C21H23ClN4OS. The Hall–Kier alpha value is -2.44. The second kappa shape index (κ2) is 9.17. The molecule has 1 heterocycles. The summed E-state index contributed by atoms with van der Waals surface area (Å²) in [6.45, 7) is 4.38. The van der Waals surface area contributed by atoms with E-state index in [1.807, 2.05) is 42.5 Å². The Morgan fingerprint density at radius 1 is 1.18 bits per heavy atom. The fourth-order valence-electron chi connectivity index (χ4n) is 3.10. The van der Waals surface area contributed by atoms with E-state index in [0.29, 0.717) is 21.5 Å². The highest BCUT2D eigenvalue weighted by atomic mass is 35.5. The zero-order chi connectivity index (χ0) is 20.1. The first-order chi connectivity index (χ1) is 13.4. The van der Waals surface area contributed by atoms with Crippen LogP contribution in [0.2, 0.25) is 5.02 Å². The van der Waals surface area contributed by atoms with Gasteiger partial charge in [-0.2, -0.15) is 5.10 Å². The number of aromatic nitrogens is 3. The van der Waals surface area contributed by atoms with Gasteiger partial charge in [-0.25, -0.2) is 0 Å². The molecule has 1 atom stereocenters. The molecule has 3 aromatic rings. The van der Waals surface area contributed by atoms with Gasteiger partial charge in [0.2, 0.25) is 5.91 Å². The molecule has 2 aromatic carbocycles. The summed E-state index contributed by atoms with van der Waals surface area (Å²) in [6.07, 6.45) is 0.858. The smallest absolute Gasteiger partial charge is 0.240 e. The molecule has 7 heteroatoms. The standard InChI is InChI=1S/C21H23ClN4OS/c1-14(2)12-18(15-6-4-3-5-7-15)23-19(27)13-26-20(24-25-21(26)28)16-8-10-17(22)11-9-16/h3-11,14,18H,12-13H2,1-2H3,(H,23,27)(H,25,28)/t18-/m0/s1. The van der Waals surface area contributed by atoms with Crippen LogP contribution in [0.15, 0.2) is 54.6 Å². The number of nitrogens with zero attached hydrogens (tertiary/aromatic N) is 2. The van der Waals surface area contributed by atoms with Gasteiger partial charge >= 0.3 is 0 Å². The highest BCUT2D eigenvalue weighted by Crippen LogP contribution is 2.22. The molecule has 0 unspecified atom stereocenters. The van der Waals surface area contributed by atoms with Crippen molar-refractivity contribution >= 4 is 29.7 Å². The van der Waals surface area contributed by atoms with E-state index in [0.717, 1.165) is 17.5 Å². The van der Waals surface area contributed by atoms with Crippen LogP contribution < -0.4 is 5.32 Å². The Labute approximate surface area is 174 Å². The molecule has 0 aliphatic carbocycles. The number of carbonyl (C=O) groups is 1. The lowest BCUT2D eigenvalue weighted by molar-refractivity contribution is -0.122. The number of halogens is 1.